The Hall–Kier alpha value is -0.570. The smallest absolute Gasteiger partial charge is 0.224 e. The van der Waals surface area contributed by atoms with Crippen molar-refractivity contribution in [3.63, 3.8) is 0 Å². The highest BCUT2D eigenvalue weighted by Crippen LogP contribution is 2.30. The Labute approximate surface area is 111 Å². The van der Waals surface area contributed by atoms with Crippen molar-refractivity contribution in [2.24, 2.45) is 17.6 Å². The third-order valence-electron chi connectivity index (χ3n) is 4.57. The topological polar surface area (TPSA) is 46.3 Å². The van der Waals surface area contributed by atoms with E-state index in [1.165, 1.54) is 25.7 Å². The summed E-state index contributed by atoms with van der Waals surface area (Å²) in [7, 11) is 0. The normalized spacial score (nSPS) is 32.3. The van der Waals surface area contributed by atoms with Crippen LogP contribution in [0, 0.1) is 11.8 Å². The standard InChI is InChI=1S/C15H28N2O/c1-12-8-13(2)11-17(10-12)14(18)9-15(16)6-4-3-5-7-15/h12-13H,3-11,16H2,1-2H3. The Morgan fingerprint density at radius 2 is 1.72 bits per heavy atom. The molecule has 2 fully saturated rings. The minimum absolute atomic E-state index is 0.209. The van der Waals surface area contributed by atoms with Crippen molar-refractivity contribution in [2.45, 2.75) is 64.3 Å². The van der Waals surface area contributed by atoms with Gasteiger partial charge in [0.25, 0.3) is 0 Å². The van der Waals surface area contributed by atoms with Gasteiger partial charge in [-0.1, -0.05) is 33.1 Å². The summed E-state index contributed by atoms with van der Waals surface area (Å²) in [5.41, 5.74) is 6.18. The van der Waals surface area contributed by atoms with E-state index in [0.717, 1.165) is 25.9 Å². The third-order valence-corrected chi connectivity index (χ3v) is 4.57. The largest absolute Gasteiger partial charge is 0.342 e. The molecule has 2 aliphatic rings. The first-order valence-electron chi connectivity index (χ1n) is 7.55. The molecule has 104 valence electrons. The Balaban J connectivity index is 1.90. The molecule has 0 spiro atoms. The summed E-state index contributed by atoms with van der Waals surface area (Å²) < 4.78 is 0. The summed E-state index contributed by atoms with van der Waals surface area (Å²) in [5, 5.41) is 0. The zero-order valence-corrected chi connectivity index (χ0v) is 12.0. The van der Waals surface area contributed by atoms with Crippen LogP contribution in [0.5, 0.6) is 0 Å². The first-order chi connectivity index (χ1) is 8.48. The van der Waals surface area contributed by atoms with Gasteiger partial charge in [-0.15, -0.1) is 0 Å². The number of amides is 1. The lowest BCUT2D eigenvalue weighted by Crippen LogP contribution is -2.49. The summed E-state index contributed by atoms with van der Waals surface area (Å²) in [4.78, 5) is 14.5. The Bertz CT molecular complexity index is 287. The predicted octanol–water partition coefficient (Wildman–Crippen LogP) is 2.54. The molecule has 3 heteroatoms. The number of likely N-dealkylation sites (tertiary alicyclic amines) is 1. The molecule has 2 N–H and O–H groups in total. The molecule has 0 bridgehead atoms. The van der Waals surface area contributed by atoms with Crippen molar-refractivity contribution >= 4 is 5.91 Å². The SMILES string of the molecule is CC1CC(C)CN(C(=O)CC2(N)CCCCC2)C1. The summed E-state index contributed by atoms with van der Waals surface area (Å²) in [5.74, 6) is 1.56. The monoisotopic (exact) mass is 252 g/mol. The zero-order valence-electron chi connectivity index (χ0n) is 12.0. The average Bonchev–Trinajstić information content (AvgIpc) is 2.28. The lowest BCUT2D eigenvalue weighted by Gasteiger charge is -2.39. The highest BCUT2D eigenvalue weighted by atomic mass is 16.2. The maximum absolute atomic E-state index is 12.4. The average molecular weight is 252 g/mol. The Kier molecular flexibility index (Phi) is 4.31. The molecular formula is C15H28N2O. The number of nitrogens with two attached hydrogens (primary N) is 1. The van der Waals surface area contributed by atoms with Crippen molar-refractivity contribution in [1.82, 2.24) is 4.90 Å². The van der Waals surface area contributed by atoms with Gasteiger partial charge in [0.05, 0.1) is 0 Å². The van der Waals surface area contributed by atoms with Gasteiger partial charge >= 0.3 is 0 Å². The fourth-order valence-electron chi connectivity index (χ4n) is 3.71. The van der Waals surface area contributed by atoms with Crippen molar-refractivity contribution < 1.29 is 4.79 Å². The lowest BCUT2D eigenvalue weighted by molar-refractivity contribution is -0.135. The van der Waals surface area contributed by atoms with Gasteiger partial charge in [-0.2, -0.15) is 0 Å². The van der Waals surface area contributed by atoms with Gasteiger partial charge in [-0.05, 0) is 31.1 Å². The molecule has 2 rings (SSSR count). The molecule has 18 heavy (non-hydrogen) atoms. The number of carbonyl (C=O) groups is 1. The molecule has 2 unspecified atom stereocenters. The first-order valence-corrected chi connectivity index (χ1v) is 7.55. The molecule has 1 saturated heterocycles. The van der Waals surface area contributed by atoms with Crippen LogP contribution in [-0.4, -0.2) is 29.4 Å². The van der Waals surface area contributed by atoms with E-state index in [2.05, 4.69) is 18.7 Å². The van der Waals surface area contributed by atoms with E-state index in [1.807, 2.05) is 0 Å². The van der Waals surface area contributed by atoms with E-state index in [0.29, 0.717) is 18.3 Å². The van der Waals surface area contributed by atoms with E-state index in [9.17, 15) is 4.79 Å². The molecule has 0 aromatic heterocycles. The molecule has 0 aromatic rings. The minimum Gasteiger partial charge on any atom is -0.342 e. The lowest BCUT2D eigenvalue weighted by atomic mass is 9.79. The van der Waals surface area contributed by atoms with Gasteiger partial charge in [-0.25, -0.2) is 0 Å². The second-order valence-corrected chi connectivity index (χ2v) is 6.84. The molecule has 1 heterocycles. The van der Waals surface area contributed by atoms with Gasteiger partial charge in [0.15, 0.2) is 0 Å². The highest BCUT2D eigenvalue weighted by molar-refractivity contribution is 5.77. The quantitative estimate of drug-likeness (QED) is 0.821. The summed E-state index contributed by atoms with van der Waals surface area (Å²) in [6.45, 7) is 6.35. The highest BCUT2D eigenvalue weighted by Gasteiger charge is 2.33. The molecule has 2 atom stereocenters. The Morgan fingerprint density at radius 3 is 2.28 bits per heavy atom. The molecule has 1 saturated carbocycles. The molecular weight excluding hydrogens is 224 g/mol. The zero-order chi connectivity index (χ0) is 13.2. The van der Waals surface area contributed by atoms with Crippen LogP contribution in [0.4, 0.5) is 0 Å². The van der Waals surface area contributed by atoms with Crippen LogP contribution in [-0.2, 0) is 4.79 Å². The molecule has 0 radical (unpaired) electrons. The van der Waals surface area contributed by atoms with Crippen molar-refractivity contribution in [2.75, 3.05) is 13.1 Å². The van der Waals surface area contributed by atoms with Crippen LogP contribution in [0.25, 0.3) is 0 Å². The van der Waals surface area contributed by atoms with Crippen molar-refractivity contribution in [3.8, 4) is 0 Å². The van der Waals surface area contributed by atoms with Crippen LogP contribution < -0.4 is 5.73 Å². The minimum atomic E-state index is -0.209. The number of carbonyl (C=O) groups excluding carboxylic acids is 1. The summed E-state index contributed by atoms with van der Waals surface area (Å²) >= 11 is 0. The summed E-state index contributed by atoms with van der Waals surface area (Å²) in [6, 6.07) is 0. The molecule has 1 aliphatic heterocycles. The van der Waals surface area contributed by atoms with Crippen LogP contribution >= 0.6 is 0 Å². The predicted molar refractivity (Wildman–Crippen MR) is 74.1 cm³/mol. The maximum Gasteiger partial charge on any atom is 0.224 e. The second-order valence-electron chi connectivity index (χ2n) is 6.84. The van der Waals surface area contributed by atoms with Crippen LogP contribution in [0.2, 0.25) is 0 Å². The number of piperidine rings is 1. The van der Waals surface area contributed by atoms with Gasteiger partial charge in [-0.3, -0.25) is 4.79 Å². The first kappa shape index (κ1) is 13.9. The Morgan fingerprint density at radius 1 is 1.17 bits per heavy atom. The van der Waals surface area contributed by atoms with Crippen molar-refractivity contribution in [1.29, 1.82) is 0 Å². The molecule has 0 aromatic carbocycles. The second kappa shape index (κ2) is 5.60. The van der Waals surface area contributed by atoms with E-state index in [4.69, 9.17) is 5.73 Å². The van der Waals surface area contributed by atoms with Gasteiger partial charge in [0, 0.05) is 25.0 Å². The summed E-state index contributed by atoms with van der Waals surface area (Å²) in [6.07, 6.45) is 7.53. The van der Waals surface area contributed by atoms with E-state index in [-0.39, 0.29) is 11.4 Å². The van der Waals surface area contributed by atoms with Crippen LogP contribution in [0.3, 0.4) is 0 Å². The fraction of sp³-hybridized carbons (Fsp3) is 0.933. The molecule has 1 amide bonds. The number of nitrogens with zero attached hydrogens (tertiary/aromatic N) is 1. The van der Waals surface area contributed by atoms with E-state index >= 15 is 0 Å². The van der Waals surface area contributed by atoms with Gasteiger partial charge < -0.3 is 10.6 Å². The molecule has 3 nitrogen and oxygen atoms in total. The van der Waals surface area contributed by atoms with E-state index < -0.39 is 0 Å². The number of rotatable bonds is 2. The van der Waals surface area contributed by atoms with E-state index in [1.54, 1.807) is 0 Å². The van der Waals surface area contributed by atoms with Crippen molar-refractivity contribution in [3.05, 3.63) is 0 Å². The van der Waals surface area contributed by atoms with Crippen LogP contribution in [0.1, 0.15) is 58.8 Å². The van der Waals surface area contributed by atoms with Gasteiger partial charge in [0.2, 0.25) is 5.91 Å². The van der Waals surface area contributed by atoms with Crippen LogP contribution in [0.15, 0.2) is 0 Å². The molecule has 1 aliphatic carbocycles. The fourth-order valence-corrected chi connectivity index (χ4v) is 3.71. The number of hydrogen-bond donors (Lipinski definition) is 1. The third kappa shape index (κ3) is 3.47. The van der Waals surface area contributed by atoms with Gasteiger partial charge in [0.1, 0.15) is 0 Å². The maximum atomic E-state index is 12.4. The number of hydrogen-bond acceptors (Lipinski definition) is 2.